The Morgan fingerprint density at radius 2 is 2.24 bits per heavy atom. The molecule has 0 saturated heterocycles. The predicted octanol–water partition coefficient (Wildman–Crippen LogP) is 3.87. The third-order valence-electron chi connectivity index (χ3n) is 3.31. The zero-order valence-corrected chi connectivity index (χ0v) is 14.0. The van der Waals surface area contributed by atoms with Crippen LogP contribution in [0.2, 0.25) is 0 Å². The molecule has 112 valence electrons. The molecule has 1 atom stereocenters. The summed E-state index contributed by atoms with van der Waals surface area (Å²) >= 11 is 3.43. The summed E-state index contributed by atoms with van der Waals surface area (Å²) in [5, 5.41) is 2.94. The van der Waals surface area contributed by atoms with Crippen molar-refractivity contribution < 1.29 is 9.21 Å². The van der Waals surface area contributed by atoms with Gasteiger partial charge >= 0.3 is 0 Å². The van der Waals surface area contributed by atoms with Crippen molar-refractivity contribution in [3.63, 3.8) is 0 Å². The smallest absolute Gasteiger partial charge is 0.226 e. The van der Waals surface area contributed by atoms with E-state index in [2.05, 4.69) is 26.2 Å². The maximum absolute atomic E-state index is 11.9. The number of amides is 1. The highest BCUT2D eigenvalue weighted by molar-refractivity contribution is 9.10. The fourth-order valence-electron chi connectivity index (χ4n) is 1.92. The minimum absolute atomic E-state index is 0.0263. The molecule has 0 aliphatic rings. The molecule has 5 heteroatoms. The lowest BCUT2D eigenvalue weighted by molar-refractivity contribution is -0.121. The highest BCUT2D eigenvalue weighted by Crippen LogP contribution is 2.24. The molecule has 1 aromatic carbocycles. The number of hydrogen-bond acceptors (Lipinski definition) is 3. The van der Waals surface area contributed by atoms with Crippen molar-refractivity contribution in [2.45, 2.75) is 39.7 Å². The molecule has 2 aromatic rings. The molecule has 0 aliphatic heterocycles. The van der Waals surface area contributed by atoms with Gasteiger partial charge < -0.3 is 9.73 Å². The van der Waals surface area contributed by atoms with Crippen LogP contribution in [0.5, 0.6) is 0 Å². The number of carbonyl (C=O) groups is 1. The number of halogens is 1. The van der Waals surface area contributed by atoms with Crippen LogP contribution in [0, 0.1) is 6.92 Å². The molecule has 4 nitrogen and oxygen atoms in total. The van der Waals surface area contributed by atoms with Crippen LogP contribution in [0.25, 0.3) is 11.5 Å². The van der Waals surface area contributed by atoms with E-state index in [4.69, 9.17) is 4.42 Å². The zero-order chi connectivity index (χ0) is 15.4. The van der Waals surface area contributed by atoms with Crippen molar-refractivity contribution in [3.8, 4) is 11.5 Å². The van der Waals surface area contributed by atoms with Gasteiger partial charge in [-0.2, -0.15) is 0 Å². The van der Waals surface area contributed by atoms with E-state index in [-0.39, 0.29) is 18.4 Å². The van der Waals surface area contributed by atoms with Gasteiger partial charge in [0.2, 0.25) is 11.8 Å². The summed E-state index contributed by atoms with van der Waals surface area (Å²) in [7, 11) is 0. The molecular weight excluding hydrogens is 332 g/mol. The van der Waals surface area contributed by atoms with Gasteiger partial charge in [-0.15, -0.1) is 0 Å². The summed E-state index contributed by atoms with van der Waals surface area (Å²) in [5.74, 6) is 1.20. The Balaban J connectivity index is 2.14. The molecular formula is C16H19BrN2O2. The number of carbonyl (C=O) groups excluding carboxylic acids is 1. The molecule has 0 spiro atoms. The Morgan fingerprint density at radius 3 is 2.90 bits per heavy atom. The molecule has 0 bridgehead atoms. The number of aryl methyl sites for hydroxylation is 1. The summed E-state index contributed by atoms with van der Waals surface area (Å²) in [6.45, 7) is 5.86. The van der Waals surface area contributed by atoms with Gasteiger partial charge in [0.25, 0.3) is 0 Å². The van der Waals surface area contributed by atoms with E-state index in [1.54, 1.807) is 0 Å². The van der Waals surface area contributed by atoms with Gasteiger partial charge in [-0.1, -0.05) is 28.9 Å². The second kappa shape index (κ2) is 6.89. The van der Waals surface area contributed by atoms with Gasteiger partial charge in [-0.25, -0.2) is 4.98 Å². The molecule has 1 aromatic heterocycles. The van der Waals surface area contributed by atoms with Crippen LogP contribution in [0.15, 0.2) is 33.2 Å². The van der Waals surface area contributed by atoms with Gasteiger partial charge in [0.15, 0.2) is 0 Å². The van der Waals surface area contributed by atoms with E-state index in [1.807, 2.05) is 45.0 Å². The highest BCUT2D eigenvalue weighted by atomic mass is 79.9. The first-order valence-corrected chi connectivity index (χ1v) is 7.80. The lowest BCUT2D eigenvalue weighted by Gasteiger charge is -2.10. The van der Waals surface area contributed by atoms with Crippen LogP contribution in [-0.4, -0.2) is 16.9 Å². The quantitative estimate of drug-likeness (QED) is 0.890. The first-order valence-electron chi connectivity index (χ1n) is 7.01. The Morgan fingerprint density at radius 1 is 1.48 bits per heavy atom. The first-order chi connectivity index (χ1) is 9.99. The second-order valence-corrected chi connectivity index (χ2v) is 6.00. The SMILES string of the molecule is CCC(C)NC(=O)Cc1nc(-c2cccc(Br)c2)oc1C. The first kappa shape index (κ1) is 15.8. The van der Waals surface area contributed by atoms with Crippen LogP contribution in [0.1, 0.15) is 31.7 Å². The average molecular weight is 351 g/mol. The Kier molecular flexibility index (Phi) is 5.17. The molecule has 1 unspecified atom stereocenters. The van der Waals surface area contributed by atoms with E-state index in [0.29, 0.717) is 17.3 Å². The number of oxazole rings is 1. The summed E-state index contributed by atoms with van der Waals surface area (Å²) < 4.78 is 6.64. The maximum atomic E-state index is 11.9. The van der Waals surface area contributed by atoms with Crippen molar-refractivity contribution >= 4 is 21.8 Å². The van der Waals surface area contributed by atoms with Crippen molar-refractivity contribution in [1.29, 1.82) is 0 Å². The third kappa shape index (κ3) is 4.17. The van der Waals surface area contributed by atoms with Crippen LogP contribution in [0.3, 0.4) is 0 Å². The fourth-order valence-corrected chi connectivity index (χ4v) is 2.32. The van der Waals surface area contributed by atoms with E-state index in [9.17, 15) is 4.79 Å². The summed E-state index contributed by atoms with van der Waals surface area (Å²) in [6.07, 6.45) is 1.15. The van der Waals surface area contributed by atoms with E-state index in [1.165, 1.54) is 0 Å². The lowest BCUT2D eigenvalue weighted by atomic mass is 10.2. The van der Waals surface area contributed by atoms with Gasteiger partial charge in [0.1, 0.15) is 5.76 Å². The monoisotopic (exact) mass is 350 g/mol. The summed E-state index contributed by atoms with van der Waals surface area (Å²) in [6, 6.07) is 7.91. The molecule has 1 N–H and O–H groups in total. The topological polar surface area (TPSA) is 55.1 Å². The second-order valence-electron chi connectivity index (χ2n) is 5.09. The zero-order valence-electron chi connectivity index (χ0n) is 12.4. The van der Waals surface area contributed by atoms with Gasteiger partial charge in [-0.3, -0.25) is 4.79 Å². The molecule has 1 heterocycles. The molecule has 0 fully saturated rings. The molecule has 0 radical (unpaired) electrons. The minimum Gasteiger partial charge on any atom is -0.441 e. The standard InChI is InChI=1S/C16H19BrN2O2/c1-4-10(2)18-15(20)9-14-11(3)21-16(19-14)12-6-5-7-13(17)8-12/h5-8,10H,4,9H2,1-3H3,(H,18,20). The van der Waals surface area contributed by atoms with Crippen LogP contribution in [0.4, 0.5) is 0 Å². The van der Waals surface area contributed by atoms with Crippen LogP contribution >= 0.6 is 15.9 Å². The predicted molar refractivity (Wildman–Crippen MR) is 86.0 cm³/mol. The van der Waals surface area contributed by atoms with E-state index < -0.39 is 0 Å². The molecule has 0 aliphatic carbocycles. The molecule has 2 rings (SSSR count). The number of benzene rings is 1. The number of hydrogen-bond donors (Lipinski definition) is 1. The van der Waals surface area contributed by atoms with Crippen LogP contribution < -0.4 is 5.32 Å². The van der Waals surface area contributed by atoms with E-state index in [0.717, 1.165) is 16.5 Å². The Bertz CT molecular complexity index is 637. The highest BCUT2D eigenvalue weighted by Gasteiger charge is 2.15. The van der Waals surface area contributed by atoms with Gasteiger partial charge in [-0.05, 0) is 38.5 Å². The van der Waals surface area contributed by atoms with Crippen LogP contribution in [-0.2, 0) is 11.2 Å². The largest absolute Gasteiger partial charge is 0.441 e. The minimum atomic E-state index is -0.0263. The number of nitrogens with zero attached hydrogens (tertiary/aromatic N) is 1. The summed E-state index contributed by atoms with van der Waals surface area (Å²) in [5.41, 5.74) is 1.58. The number of aromatic nitrogens is 1. The van der Waals surface area contributed by atoms with Crippen molar-refractivity contribution in [2.24, 2.45) is 0 Å². The molecule has 21 heavy (non-hydrogen) atoms. The van der Waals surface area contributed by atoms with E-state index >= 15 is 0 Å². The Labute approximate surface area is 133 Å². The van der Waals surface area contributed by atoms with Gasteiger partial charge in [0, 0.05) is 16.1 Å². The number of rotatable bonds is 5. The normalized spacial score (nSPS) is 12.2. The van der Waals surface area contributed by atoms with Crippen molar-refractivity contribution in [2.75, 3.05) is 0 Å². The average Bonchev–Trinajstić information content (AvgIpc) is 2.80. The Hall–Kier alpha value is -1.62. The lowest BCUT2D eigenvalue weighted by Crippen LogP contribution is -2.33. The molecule has 1 amide bonds. The number of nitrogens with one attached hydrogen (secondary N) is 1. The molecule has 0 saturated carbocycles. The van der Waals surface area contributed by atoms with Crippen molar-refractivity contribution in [3.05, 3.63) is 40.2 Å². The summed E-state index contributed by atoms with van der Waals surface area (Å²) in [4.78, 5) is 16.4. The van der Waals surface area contributed by atoms with Crippen molar-refractivity contribution in [1.82, 2.24) is 10.3 Å². The third-order valence-corrected chi connectivity index (χ3v) is 3.81. The maximum Gasteiger partial charge on any atom is 0.226 e. The fraction of sp³-hybridized carbons (Fsp3) is 0.375. The van der Waals surface area contributed by atoms with Gasteiger partial charge in [0.05, 0.1) is 12.1 Å².